The molecule has 1 heterocycles. The summed E-state index contributed by atoms with van der Waals surface area (Å²) in [5, 5.41) is 0. The molecule has 3 heteroatoms. The minimum atomic E-state index is 0.300. The van der Waals surface area contributed by atoms with E-state index in [9.17, 15) is 0 Å². The summed E-state index contributed by atoms with van der Waals surface area (Å²) in [6.45, 7) is 6.12. The molecule has 0 saturated heterocycles. The lowest BCUT2D eigenvalue weighted by Gasteiger charge is -2.16. The number of hydrogen-bond acceptors (Lipinski definition) is 3. The van der Waals surface area contributed by atoms with Crippen LogP contribution in [0.3, 0.4) is 0 Å². The van der Waals surface area contributed by atoms with E-state index in [0.29, 0.717) is 6.04 Å². The Morgan fingerprint density at radius 2 is 2.38 bits per heavy atom. The van der Waals surface area contributed by atoms with Crippen molar-refractivity contribution in [2.75, 3.05) is 0 Å². The number of nitrogens with zero attached hydrogens (tertiary/aromatic N) is 1. The molecular formula is C13H21N3. The molecule has 0 aromatic carbocycles. The maximum absolute atomic E-state index is 5.53. The van der Waals surface area contributed by atoms with Crippen molar-refractivity contribution < 1.29 is 0 Å². The Labute approximate surface area is 97.7 Å². The molecule has 0 radical (unpaired) electrons. The number of hydrogen-bond donors (Lipinski definition) is 2. The van der Waals surface area contributed by atoms with Gasteiger partial charge in [-0.2, -0.15) is 0 Å². The molecule has 1 unspecified atom stereocenters. The maximum Gasteiger partial charge on any atom is 0.0404 e. The molecular weight excluding hydrogens is 198 g/mol. The number of nitrogens with one attached hydrogen (secondary N) is 1. The van der Waals surface area contributed by atoms with Crippen LogP contribution >= 0.6 is 0 Å². The number of nitrogens with two attached hydrogens (primary N) is 1. The average Bonchev–Trinajstić information content (AvgIpc) is 2.35. The molecule has 1 aromatic rings. The smallest absolute Gasteiger partial charge is 0.0404 e. The molecule has 16 heavy (non-hydrogen) atoms. The van der Waals surface area contributed by atoms with Crippen molar-refractivity contribution in [2.24, 2.45) is 5.84 Å². The second-order valence-corrected chi connectivity index (χ2v) is 4.03. The molecule has 3 N–H and O–H groups in total. The van der Waals surface area contributed by atoms with Gasteiger partial charge in [-0.3, -0.25) is 16.3 Å². The Morgan fingerprint density at radius 1 is 1.56 bits per heavy atom. The van der Waals surface area contributed by atoms with Crippen LogP contribution in [0.25, 0.3) is 0 Å². The van der Waals surface area contributed by atoms with Gasteiger partial charge in [0.2, 0.25) is 0 Å². The van der Waals surface area contributed by atoms with Crippen LogP contribution in [0, 0.1) is 0 Å². The Morgan fingerprint density at radius 3 is 2.94 bits per heavy atom. The zero-order chi connectivity index (χ0) is 11.8. The van der Waals surface area contributed by atoms with Gasteiger partial charge in [-0.05, 0) is 37.8 Å². The first kappa shape index (κ1) is 12.9. The average molecular weight is 219 g/mol. The van der Waals surface area contributed by atoms with Gasteiger partial charge in [0.15, 0.2) is 0 Å². The van der Waals surface area contributed by atoms with E-state index >= 15 is 0 Å². The zero-order valence-electron chi connectivity index (χ0n) is 9.95. The monoisotopic (exact) mass is 219 g/mol. The van der Waals surface area contributed by atoms with Gasteiger partial charge < -0.3 is 0 Å². The van der Waals surface area contributed by atoms with E-state index in [1.165, 1.54) is 5.57 Å². The van der Waals surface area contributed by atoms with E-state index in [0.717, 1.165) is 31.4 Å². The lowest BCUT2D eigenvalue weighted by molar-refractivity contribution is 0.484. The molecule has 0 aliphatic rings. The second kappa shape index (κ2) is 7.14. The summed E-state index contributed by atoms with van der Waals surface area (Å²) in [5.74, 6) is 5.53. The van der Waals surface area contributed by atoms with Crippen molar-refractivity contribution in [2.45, 2.75) is 38.6 Å². The first-order chi connectivity index (χ1) is 7.76. The predicted molar refractivity (Wildman–Crippen MR) is 67.7 cm³/mol. The van der Waals surface area contributed by atoms with Gasteiger partial charge in [0.25, 0.3) is 0 Å². The molecule has 1 atom stereocenters. The van der Waals surface area contributed by atoms with E-state index < -0.39 is 0 Å². The molecule has 0 saturated carbocycles. The third kappa shape index (κ3) is 4.55. The number of aryl methyl sites for hydroxylation is 1. The van der Waals surface area contributed by atoms with Crippen LogP contribution in [0.1, 0.15) is 31.9 Å². The van der Waals surface area contributed by atoms with Gasteiger partial charge >= 0.3 is 0 Å². The molecule has 1 rings (SSSR count). The quantitative estimate of drug-likeness (QED) is 0.420. The van der Waals surface area contributed by atoms with Crippen LogP contribution < -0.4 is 11.3 Å². The first-order valence-electron chi connectivity index (χ1n) is 5.79. The lowest BCUT2D eigenvalue weighted by Crippen LogP contribution is -2.35. The molecule has 0 amide bonds. The number of pyridine rings is 1. The molecule has 0 aliphatic carbocycles. The fraction of sp³-hybridized carbons (Fsp3) is 0.462. The minimum Gasteiger partial charge on any atom is -0.271 e. The number of aromatic nitrogens is 1. The van der Waals surface area contributed by atoms with Crippen molar-refractivity contribution in [3.05, 3.63) is 42.2 Å². The first-order valence-corrected chi connectivity index (χ1v) is 5.79. The lowest BCUT2D eigenvalue weighted by atomic mass is 10.0. The van der Waals surface area contributed by atoms with Gasteiger partial charge in [-0.25, -0.2) is 0 Å². The maximum atomic E-state index is 5.53. The molecule has 88 valence electrons. The fourth-order valence-corrected chi connectivity index (χ4v) is 1.61. The number of hydrazine groups is 1. The summed E-state index contributed by atoms with van der Waals surface area (Å²) in [4.78, 5) is 4.29. The standard InChI is InChI=1S/C13H21N3/c1-3-11(2)10-13(16-14)8-7-12-6-4-5-9-15-12/h4-6,9,13,16H,2-3,7-8,10,14H2,1H3. The Kier molecular flexibility index (Phi) is 5.75. The largest absolute Gasteiger partial charge is 0.271 e. The summed E-state index contributed by atoms with van der Waals surface area (Å²) in [5.41, 5.74) is 5.20. The van der Waals surface area contributed by atoms with Crippen molar-refractivity contribution in [3.8, 4) is 0 Å². The molecule has 0 bridgehead atoms. The van der Waals surface area contributed by atoms with E-state index in [1.807, 2.05) is 24.4 Å². The van der Waals surface area contributed by atoms with E-state index in [4.69, 9.17) is 5.84 Å². The van der Waals surface area contributed by atoms with E-state index in [-0.39, 0.29) is 0 Å². The minimum absolute atomic E-state index is 0.300. The van der Waals surface area contributed by atoms with Crippen molar-refractivity contribution in [1.29, 1.82) is 0 Å². The van der Waals surface area contributed by atoms with Crippen molar-refractivity contribution in [3.63, 3.8) is 0 Å². The molecule has 1 aromatic heterocycles. The van der Waals surface area contributed by atoms with Gasteiger partial charge in [0, 0.05) is 17.9 Å². The van der Waals surface area contributed by atoms with Crippen LogP contribution in [0.15, 0.2) is 36.5 Å². The van der Waals surface area contributed by atoms with Crippen LogP contribution in [-0.4, -0.2) is 11.0 Å². The van der Waals surface area contributed by atoms with Crippen molar-refractivity contribution in [1.82, 2.24) is 10.4 Å². The van der Waals surface area contributed by atoms with E-state index in [1.54, 1.807) is 0 Å². The summed E-state index contributed by atoms with van der Waals surface area (Å²) < 4.78 is 0. The second-order valence-electron chi connectivity index (χ2n) is 4.03. The molecule has 0 spiro atoms. The third-order valence-corrected chi connectivity index (χ3v) is 2.75. The highest BCUT2D eigenvalue weighted by molar-refractivity contribution is 5.04. The fourth-order valence-electron chi connectivity index (χ4n) is 1.61. The van der Waals surface area contributed by atoms with Crippen molar-refractivity contribution >= 4 is 0 Å². The highest BCUT2D eigenvalue weighted by atomic mass is 15.2. The summed E-state index contributed by atoms with van der Waals surface area (Å²) in [7, 11) is 0. The van der Waals surface area contributed by atoms with Crippen LogP contribution in [-0.2, 0) is 6.42 Å². The Balaban J connectivity index is 2.37. The summed E-state index contributed by atoms with van der Waals surface area (Å²) in [6, 6.07) is 6.29. The molecule has 0 aliphatic heterocycles. The van der Waals surface area contributed by atoms with Crippen LogP contribution in [0.2, 0.25) is 0 Å². The topological polar surface area (TPSA) is 50.9 Å². The highest BCUT2D eigenvalue weighted by Gasteiger charge is 2.08. The van der Waals surface area contributed by atoms with Gasteiger partial charge in [-0.1, -0.05) is 25.1 Å². The summed E-state index contributed by atoms with van der Waals surface area (Å²) in [6.07, 6.45) is 5.73. The number of rotatable bonds is 7. The SMILES string of the molecule is C=C(CC)CC(CCc1ccccn1)NN. The van der Waals surface area contributed by atoms with E-state index in [2.05, 4.69) is 23.9 Å². The molecule has 0 fully saturated rings. The van der Waals surface area contributed by atoms with Crippen LogP contribution in [0.4, 0.5) is 0 Å². The van der Waals surface area contributed by atoms with Gasteiger partial charge in [0.05, 0.1) is 0 Å². The predicted octanol–water partition coefficient (Wildman–Crippen LogP) is 2.20. The zero-order valence-corrected chi connectivity index (χ0v) is 9.95. The highest BCUT2D eigenvalue weighted by Crippen LogP contribution is 2.11. The Bertz CT molecular complexity index is 308. The van der Waals surface area contributed by atoms with Crippen LogP contribution in [0.5, 0.6) is 0 Å². The third-order valence-electron chi connectivity index (χ3n) is 2.75. The van der Waals surface area contributed by atoms with Gasteiger partial charge in [-0.15, -0.1) is 0 Å². The molecule has 3 nitrogen and oxygen atoms in total. The van der Waals surface area contributed by atoms with Gasteiger partial charge in [0.1, 0.15) is 0 Å². The summed E-state index contributed by atoms with van der Waals surface area (Å²) >= 11 is 0. The Hall–Kier alpha value is -1.19. The normalized spacial score (nSPS) is 12.4.